The van der Waals surface area contributed by atoms with E-state index in [4.69, 9.17) is 9.15 Å². The molecule has 0 atom stereocenters. The van der Waals surface area contributed by atoms with Gasteiger partial charge in [-0.15, -0.1) is 0 Å². The van der Waals surface area contributed by atoms with Crippen LogP contribution in [0.25, 0.3) is 0 Å². The Morgan fingerprint density at radius 3 is 2.52 bits per heavy atom. The number of carbonyl (C=O) groups excluding carboxylic acids is 2. The van der Waals surface area contributed by atoms with Gasteiger partial charge in [0.25, 0.3) is 5.91 Å². The molecule has 0 spiro atoms. The van der Waals surface area contributed by atoms with Gasteiger partial charge in [0.1, 0.15) is 17.7 Å². The largest absolute Gasteiger partial charge is 0.472 e. The van der Waals surface area contributed by atoms with E-state index in [0.29, 0.717) is 37.2 Å². The number of hydrogen-bond acceptors (Lipinski definition) is 4. The van der Waals surface area contributed by atoms with Crippen LogP contribution in [0.15, 0.2) is 71.5 Å². The van der Waals surface area contributed by atoms with Crippen LogP contribution in [0.5, 0.6) is 11.5 Å². The average Bonchev–Trinajstić information content (AvgIpc) is 3.32. The van der Waals surface area contributed by atoms with Crippen LogP contribution in [-0.2, 0) is 0 Å². The average molecular weight is 423 g/mol. The Morgan fingerprint density at radius 1 is 1.03 bits per heavy atom. The number of anilines is 1. The number of likely N-dealkylation sites (tertiary alicyclic amines) is 1. The highest BCUT2D eigenvalue weighted by Crippen LogP contribution is 2.31. The molecule has 4 rings (SSSR count). The van der Waals surface area contributed by atoms with Gasteiger partial charge in [0.2, 0.25) is 0 Å². The molecule has 7 nitrogen and oxygen atoms in total. The predicted octanol–water partition coefficient (Wildman–Crippen LogP) is 4.64. The van der Waals surface area contributed by atoms with Gasteiger partial charge in [-0.3, -0.25) is 4.79 Å². The van der Waals surface area contributed by atoms with Crippen LogP contribution in [0.1, 0.15) is 23.2 Å². The number of nitrogens with one attached hydrogen (secondary N) is 2. The molecule has 0 bridgehead atoms. The number of ether oxygens (including phenoxy) is 1. The number of nitrogens with zero attached hydrogens (tertiary/aromatic N) is 1. The Hall–Kier alpha value is -3.81. The molecule has 0 aliphatic carbocycles. The van der Waals surface area contributed by atoms with Gasteiger partial charge in [-0.1, -0.05) is 24.3 Å². The van der Waals surface area contributed by atoms with E-state index in [2.05, 4.69) is 10.6 Å². The van der Waals surface area contributed by atoms with E-state index in [1.807, 2.05) is 6.07 Å². The van der Waals surface area contributed by atoms with Crippen LogP contribution in [0, 0.1) is 5.82 Å². The Balaban J connectivity index is 1.34. The predicted molar refractivity (Wildman–Crippen MR) is 113 cm³/mol. The first-order chi connectivity index (χ1) is 15.1. The Morgan fingerprint density at radius 2 is 1.81 bits per heavy atom. The summed E-state index contributed by atoms with van der Waals surface area (Å²) in [7, 11) is 0. The van der Waals surface area contributed by atoms with Crippen molar-refractivity contribution in [3.8, 4) is 11.5 Å². The van der Waals surface area contributed by atoms with Gasteiger partial charge in [0.15, 0.2) is 11.6 Å². The van der Waals surface area contributed by atoms with Crippen molar-refractivity contribution >= 4 is 17.6 Å². The highest BCUT2D eigenvalue weighted by molar-refractivity contribution is 5.94. The lowest BCUT2D eigenvalue weighted by atomic mass is 10.0. The topological polar surface area (TPSA) is 83.8 Å². The van der Waals surface area contributed by atoms with E-state index < -0.39 is 11.8 Å². The smallest absolute Gasteiger partial charge is 0.319 e. The minimum atomic E-state index is -0.593. The number of piperidine rings is 1. The van der Waals surface area contributed by atoms with Gasteiger partial charge < -0.3 is 24.7 Å². The summed E-state index contributed by atoms with van der Waals surface area (Å²) in [5.41, 5.74) is 0.478. The summed E-state index contributed by atoms with van der Waals surface area (Å²) in [6.45, 7) is 1.02. The fourth-order valence-electron chi connectivity index (χ4n) is 3.46. The molecule has 0 unspecified atom stereocenters. The number of urea groups is 1. The van der Waals surface area contributed by atoms with E-state index in [0.717, 1.165) is 0 Å². The summed E-state index contributed by atoms with van der Waals surface area (Å²) in [5, 5.41) is 5.41. The van der Waals surface area contributed by atoms with Crippen molar-refractivity contribution in [3.63, 3.8) is 0 Å². The third-order valence-corrected chi connectivity index (χ3v) is 5.07. The van der Waals surface area contributed by atoms with Gasteiger partial charge >= 0.3 is 6.03 Å². The van der Waals surface area contributed by atoms with Crippen molar-refractivity contribution in [1.29, 1.82) is 0 Å². The first kappa shape index (κ1) is 20.5. The molecule has 3 aromatic rings. The second-order valence-corrected chi connectivity index (χ2v) is 7.21. The fraction of sp³-hybridized carbons (Fsp3) is 0.217. The maximum atomic E-state index is 14.4. The summed E-state index contributed by atoms with van der Waals surface area (Å²) in [5.74, 6) is 0.0583. The molecule has 0 radical (unpaired) electrons. The first-order valence-electron chi connectivity index (χ1n) is 10.0. The maximum absolute atomic E-state index is 14.4. The quantitative estimate of drug-likeness (QED) is 0.626. The number of benzene rings is 2. The minimum Gasteiger partial charge on any atom is -0.472 e. The molecule has 3 amide bonds. The lowest BCUT2D eigenvalue weighted by Crippen LogP contribution is -2.47. The lowest BCUT2D eigenvalue weighted by molar-refractivity contribution is 0.0708. The Kier molecular flexibility index (Phi) is 6.16. The maximum Gasteiger partial charge on any atom is 0.319 e. The molecule has 2 N–H and O–H groups in total. The summed E-state index contributed by atoms with van der Waals surface area (Å²) >= 11 is 0. The number of rotatable bonds is 5. The van der Waals surface area contributed by atoms with Gasteiger partial charge in [-0.25, -0.2) is 9.18 Å². The normalized spacial score (nSPS) is 14.2. The fourth-order valence-corrected chi connectivity index (χ4v) is 3.46. The SMILES string of the molecule is O=C(Nc1c(F)cccc1Oc1ccccc1)NC1CCN(C(=O)c2ccoc2)CC1. The molecule has 8 heteroatoms. The molecule has 1 aromatic heterocycles. The van der Waals surface area contributed by atoms with Crippen LogP contribution < -0.4 is 15.4 Å². The third-order valence-electron chi connectivity index (χ3n) is 5.07. The summed E-state index contributed by atoms with van der Waals surface area (Å²) < 4.78 is 25.1. The zero-order chi connectivity index (χ0) is 21.6. The van der Waals surface area contributed by atoms with E-state index in [1.165, 1.54) is 24.7 Å². The highest BCUT2D eigenvalue weighted by atomic mass is 19.1. The van der Waals surface area contributed by atoms with E-state index in [1.54, 1.807) is 41.3 Å². The molecule has 160 valence electrons. The molecule has 31 heavy (non-hydrogen) atoms. The van der Waals surface area contributed by atoms with Crippen molar-refractivity contribution in [2.75, 3.05) is 18.4 Å². The van der Waals surface area contributed by atoms with Crippen LogP contribution in [0.3, 0.4) is 0 Å². The third kappa shape index (κ3) is 5.03. The Labute approximate surface area is 178 Å². The molecular weight excluding hydrogens is 401 g/mol. The highest BCUT2D eigenvalue weighted by Gasteiger charge is 2.25. The van der Waals surface area contributed by atoms with Crippen molar-refractivity contribution in [2.24, 2.45) is 0 Å². The molecule has 1 saturated heterocycles. The molecule has 1 aliphatic rings. The summed E-state index contributed by atoms with van der Waals surface area (Å²) in [6.07, 6.45) is 4.08. The second kappa shape index (κ2) is 9.34. The van der Waals surface area contributed by atoms with Gasteiger partial charge in [-0.05, 0) is 43.2 Å². The Bertz CT molecular complexity index is 1030. The number of hydrogen-bond donors (Lipinski definition) is 2. The van der Waals surface area contributed by atoms with Crippen molar-refractivity contribution in [2.45, 2.75) is 18.9 Å². The van der Waals surface area contributed by atoms with Crippen molar-refractivity contribution in [1.82, 2.24) is 10.2 Å². The number of furan rings is 1. The van der Waals surface area contributed by atoms with Crippen molar-refractivity contribution in [3.05, 3.63) is 78.5 Å². The molecule has 1 aliphatic heterocycles. The standard InChI is InChI=1S/C23H22FN3O4/c24-19-7-4-8-20(31-18-5-2-1-3-6-18)21(19)26-23(29)25-17-9-12-27(13-10-17)22(28)16-11-14-30-15-16/h1-8,11,14-15,17H,9-10,12-13H2,(H2,25,26,29). The van der Waals surface area contributed by atoms with E-state index in [9.17, 15) is 14.0 Å². The molecular formula is C23H22FN3O4. The van der Waals surface area contributed by atoms with E-state index >= 15 is 0 Å². The van der Waals surface area contributed by atoms with E-state index in [-0.39, 0.29) is 23.4 Å². The second-order valence-electron chi connectivity index (χ2n) is 7.21. The molecule has 2 aromatic carbocycles. The van der Waals surface area contributed by atoms with Crippen molar-refractivity contribution < 1.29 is 23.1 Å². The van der Waals surface area contributed by atoms with Crippen LogP contribution in [0.4, 0.5) is 14.9 Å². The first-order valence-corrected chi connectivity index (χ1v) is 10.0. The number of para-hydroxylation sites is 2. The minimum absolute atomic E-state index is 0.0311. The molecule has 1 fully saturated rings. The summed E-state index contributed by atoms with van der Waals surface area (Å²) in [4.78, 5) is 26.6. The van der Waals surface area contributed by atoms with Gasteiger partial charge in [-0.2, -0.15) is 0 Å². The molecule has 2 heterocycles. The molecule has 0 saturated carbocycles. The number of amides is 3. The zero-order valence-corrected chi connectivity index (χ0v) is 16.7. The van der Waals surface area contributed by atoms with Crippen LogP contribution >= 0.6 is 0 Å². The lowest BCUT2D eigenvalue weighted by Gasteiger charge is -2.32. The van der Waals surface area contributed by atoms with Gasteiger partial charge in [0, 0.05) is 19.1 Å². The van der Waals surface area contributed by atoms with Crippen LogP contribution in [-0.4, -0.2) is 36.0 Å². The number of carbonyl (C=O) groups is 2. The van der Waals surface area contributed by atoms with Crippen LogP contribution in [0.2, 0.25) is 0 Å². The monoisotopic (exact) mass is 423 g/mol. The number of halogens is 1. The summed E-state index contributed by atoms with van der Waals surface area (Å²) in [6, 6.07) is 14.3. The zero-order valence-electron chi connectivity index (χ0n) is 16.7. The van der Waals surface area contributed by atoms with Gasteiger partial charge in [0.05, 0.1) is 11.8 Å².